The van der Waals surface area contributed by atoms with Gasteiger partial charge in [0, 0.05) is 5.56 Å². The highest BCUT2D eigenvalue weighted by Crippen LogP contribution is 2.19. The molecule has 0 radical (unpaired) electrons. The third kappa shape index (κ3) is 4.16. The molecule has 2 rings (SSSR count). The van der Waals surface area contributed by atoms with E-state index in [-0.39, 0.29) is 16.7 Å². The first kappa shape index (κ1) is 18.5. The lowest BCUT2D eigenvalue weighted by Crippen LogP contribution is -2.12. The Balaban J connectivity index is 2.11. The topological polar surface area (TPSA) is 84.2 Å². The number of esters is 1. The SMILES string of the molecule is N#Cc1ccc(F)c(COC(=O)c2ccc(S(=O)(=O)C(F)F)cc2)c1. The summed E-state index contributed by atoms with van der Waals surface area (Å²) in [4.78, 5) is 11.2. The number of rotatable bonds is 5. The second kappa shape index (κ2) is 7.36. The molecule has 2 aromatic carbocycles. The summed E-state index contributed by atoms with van der Waals surface area (Å²) < 4.78 is 65.9. The Kier molecular flexibility index (Phi) is 5.44. The molecule has 0 amide bonds. The maximum Gasteiger partial charge on any atom is 0.341 e. The molecule has 0 N–H and O–H groups in total. The molecule has 2 aromatic rings. The summed E-state index contributed by atoms with van der Waals surface area (Å²) in [5.41, 5.74) is 0.0865. The van der Waals surface area contributed by atoms with Crippen LogP contribution in [-0.4, -0.2) is 20.1 Å². The summed E-state index contributed by atoms with van der Waals surface area (Å²) in [6, 6.07) is 9.11. The average Bonchev–Trinajstić information content (AvgIpc) is 2.60. The second-order valence-corrected chi connectivity index (χ2v) is 6.74. The normalized spacial score (nSPS) is 11.2. The van der Waals surface area contributed by atoms with Gasteiger partial charge in [-0.1, -0.05) is 0 Å². The van der Waals surface area contributed by atoms with Crippen LogP contribution in [0.5, 0.6) is 0 Å². The number of ether oxygens (including phenoxy) is 1. The fraction of sp³-hybridized carbons (Fsp3) is 0.125. The molecule has 0 atom stereocenters. The fourth-order valence-corrected chi connectivity index (χ4v) is 2.59. The first-order valence-electron chi connectivity index (χ1n) is 6.73. The van der Waals surface area contributed by atoms with Crippen LogP contribution >= 0.6 is 0 Å². The number of nitriles is 1. The molecule has 0 aliphatic rings. The Labute approximate surface area is 141 Å². The van der Waals surface area contributed by atoms with Crippen molar-refractivity contribution in [2.45, 2.75) is 17.3 Å². The summed E-state index contributed by atoms with van der Waals surface area (Å²) in [6.07, 6.45) is 0. The van der Waals surface area contributed by atoms with Crippen molar-refractivity contribution in [1.29, 1.82) is 5.26 Å². The summed E-state index contributed by atoms with van der Waals surface area (Å²) in [7, 11) is -4.75. The van der Waals surface area contributed by atoms with Gasteiger partial charge in [-0.05, 0) is 42.5 Å². The lowest BCUT2D eigenvalue weighted by atomic mass is 10.1. The molecule has 0 spiro atoms. The van der Waals surface area contributed by atoms with E-state index < -0.39 is 38.9 Å². The summed E-state index contributed by atoms with van der Waals surface area (Å²) >= 11 is 0. The quantitative estimate of drug-likeness (QED) is 0.757. The third-order valence-electron chi connectivity index (χ3n) is 3.19. The van der Waals surface area contributed by atoms with Gasteiger partial charge >= 0.3 is 11.7 Å². The van der Waals surface area contributed by atoms with Gasteiger partial charge in [-0.2, -0.15) is 14.0 Å². The van der Waals surface area contributed by atoms with E-state index in [1.54, 1.807) is 0 Å². The zero-order valence-corrected chi connectivity index (χ0v) is 13.3. The molecule has 0 fully saturated rings. The van der Waals surface area contributed by atoms with Crippen LogP contribution in [0.2, 0.25) is 0 Å². The van der Waals surface area contributed by atoms with E-state index in [9.17, 15) is 26.4 Å². The van der Waals surface area contributed by atoms with E-state index in [1.165, 1.54) is 12.1 Å². The van der Waals surface area contributed by atoms with Crippen molar-refractivity contribution in [2.75, 3.05) is 0 Å². The van der Waals surface area contributed by atoms with Crippen LogP contribution in [-0.2, 0) is 21.2 Å². The van der Waals surface area contributed by atoms with Crippen molar-refractivity contribution in [3.05, 3.63) is 65.0 Å². The standard InChI is InChI=1S/C16H10F3NO4S/c17-14-6-1-10(8-20)7-12(14)9-24-15(21)11-2-4-13(5-3-11)25(22,23)16(18)19/h1-7,16H,9H2. The first-order chi connectivity index (χ1) is 11.8. The van der Waals surface area contributed by atoms with E-state index in [2.05, 4.69) is 0 Å². The number of benzene rings is 2. The van der Waals surface area contributed by atoms with Crippen LogP contribution in [0.25, 0.3) is 0 Å². The highest BCUT2D eigenvalue weighted by molar-refractivity contribution is 7.91. The minimum atomic E-state index is -4.75. The molecule has 0 saturated heterocycles. The largest absolute Gasteiger partial charge is 0.457 e. The fourth-order valence-electron chi connectivity index (χ4n) is 1.87. The molecule has 0 aliphatic heterocycles. The number of sulfone groups is 1. The Morgan fingerprint density at radius 1 is 1.16 bits per heavy atom. The molecule has 0 aromatic heterocycles. The second-order valence-electron chi connectivity index (χ2n) is 4.82. The number of hydrogen-bond donors (Lipinski definition) is 0. The maximum atomic E-state index is 13.6. The van der Waals surface area contributed by atoms with Crippen molar-refractivity contribution in [3.63, 3.8) is 0 Å². The molecule has 0 saturated carbocycles. The van der Waals surface area contributed by atoms with E-state index in [0.717, 1.165) is 30.3 Å². The lowest BCUT2D eigenvalue weighted by Gasteiger charge is -2.07. The van der Waals surface area contributed by atoms with E-state index in [1.807, 2.05) is 6.07 Å². The van der Waals surface area contributed by atoms with E-state index in [4.69, 9.17) is 10.00 Å². The third-order valence-corrected chi connectivity index (χ3v) is 4.59. The predicted octanol–water partition coefficient (Wildman–Crippen LogP) is 3.05. The van der Waals surface area contributed by atoms with Gasteiger partial charge in [-0.3, -0.25) is 0 Å². The Bertz CT molecular complexity index is 935. The van der Waals surface area contributed by atoms with E-state index in [0.29, 0.717) is 0 Å². The summed E-state index contributed by atoms with van der Waals surface area (Å²) in [5, 5.41) is 8.76. The smallest absolute Gasteiger partial charge is 0.341 e. The molecule has 130 valence electrons. The zero-order chi connectivity index (χ0) is 18.6. The van der Waals surface area contributed by atoms with Gasteiger partial charge in [0.15, 0.2) is 0 Å². The van der Waals surface area contributed by atoms with Gasteiger partial charge in [0.05, 0.1) is 22.1 Å². The Morgan fingerprint density at radius 3 is 2.36 bits per heavy atom. The van der Waals surface area contributed by atoms with Crippen molar-refractivity contribution in [1.82, 2.24) is 0 Å². The number of alkyl halides is 2. The first-order valence-corrected chi connectivity index (χ1v) is 8.28. The molecule has 0 bridgehead atoms. The molecule has 9 heteroatoms. The molecule has 0 aliphatic carbocycles. The van der Waals surface area contributed by atoms with Crippen molar-refractivity contribution in [2.24, 2.45) is 0 Å². The van der Waals surface area contributed by atoms with E-state index >= 15 is 0 Å². The summed E-state index contributed by atoms with van der Waals surface area (Å²) in [5.74, 6) is -5.13. The van der Waals surface area contributed by atoms with Gasteiger partial charge in [-0.15, -0.1) is 0 Å². The van der Waals surface area contributed by atoms with Gasteiger partial charge < -0.3 is 4.74 Å². The van der Waals surface area contributed by atoms with Gasteiger partial charge in [0.25, 0.3) is 0 Å². The number of nitrogens with zero attached hydrogens (tertiary/aromatic N) is 1. The molecule has 25 heavy (non-hydrogen) atoms. The predicted molar refractivity (Wildman–Crippen MR) is 79.9 cm³/mol. The molecule has 0 unspecified atom stereocenters. The van der Waals surface area contributed by atoms with Crippen molar-refractivity contribution < 1.29 is 31.1 Å². The molecular formula is C16H10F3NO4S. The molecular weight excluding hydrogens is 359 g/mol. The number of carbonyl (C=O) groups excluding carboxylic acids is 1. The van der Waals surface area contributed by atoms with Crippen LogP contribution in [0.15, 0.2) is 47.4 Å². The number of carbonyl (C=O) groups is 1. The monoisotopic (exact) mass is 369 g/mol. The van der Waals surface area contributed by atoms with Crippen LogP contribution in [0.1, 0.15) is 21.5 Å². The zero-order valence-electron chi connectivity index (χ0n) is 12.4. The molecule has 5 nitrogen and oxygen atoms in total. The van der Waals surface area contributed by atoms with Gasteiger partial charge in [-0.25, -0.2) is 17.6 Å². The highest BCUT2D eigenvalue weighted by Gasteiger charge is 2.26. The minimum absolute atomic E-state index is 0.00991. The average molecular weight is 369 g/mol. The van der Waals surface area contributed by atoms with Crippen molar-refractivity contribution in [3.8, 4) is 6.07 Å². The number of halogens is 3. The van der Waals surface area contributed by atoms with Crippen molar-refractivity contribution >= 4 is 15.8 Å². The Morgan fingerprint density at radius 2 is 1.80 bits per heavy atom. The van der Waals surface area contributed by atoms with Gasteiger partial charge in [0.2, 0.25) is 9.84 Å². The van der Waals surface area contributed by atoms with Gasteiger partial charge in [0.1, 0.15) is 12.4 Å². The summed E-state index contributed by atoms with van der Waals surface area (Å²) in [6.45, 7) is -0.447. The maximum absolute atomic E-state index is 13.6. The minimum Gasteiger partial charge on any atom is -0.457 e. The highest BCUT2D eigenvalue weighted by atomic mass is 32.2. The number of hydrogen-bond acceptors (Lipinski definition) is 5. The van der Waals surface area contributed by atoms with Crippen LogP contribution in [0, 0.1) is 17.1 Å². The molecule has 0 heterocycles. The lowest BCUT2D eigenvalue weighted by molar-refractivity contribution is 0.0469. The van der Waals surface area contributed by atoms with Crippen LogP contribution in [0.3, 0.4) is 0 Å². The van der Waals surface area contributed by atoms with Crippen LogP contribution < -0.4 is 0 Å². The van der Waals surface area contributed by atoms with Crippen LogP contribution in [0.4, 0.5) is 13.2 Å². The Hall–Kier alpha value is -2.86.